The summed E-state index contributed by atoms with van der Waals surface area (Å²) in [6, 6.07) is 7.14. The Labute approximate surface area is 87.8 Å². The molecule has 0 radical (unpaired) electrons. The molecule has 0 aliphatic rings. The van der Waals surface area contributed by atoms with Crippen molar-refractivity contribution in [1.82, 2.24) is 0 Å². The molecule has 72 valence electrons. The van der Waals surface area contributed by atoms with Crippen LogP contribution in [0.3, 0.4) is 0 Å². The van der Waals surface area contributed by atoms with E-state index in [2.05, 4.69) is 16.6 Å². The van der Waals surface area contributed by atoms with Crippen molar-refractivity contribution in [2.24, 2.45) is 0 Å². The molecule has 0 aliphatic heterocycles. The molecule has 0 N–H and O–H groups in total. The fourth-order valence-electron chi connectivity index (χ4n) is 0.809. The molecule has 0 aromatic heterocycles. The van der Waals surface area contributed by atoms with Crippen molar-refractivity contribution in [2.45, 2.75) is 6.92 Å². The van der Waals surface area contributed by atoms with E-state index in [-0.39, 0.29) is 12.6 Å². The van der Waals surface area contributed by atoms with Crippen molar-refractivity contribution in [2.75, 3.05) is 6.61 Å². The lowest BCUT2D eigenvalue weighted by molar-refractivity contribution is -0.139. The summed E-state index contributed by atoms with van der Waals surface area (Å²) in [5.74, 6) is 5.23. The smallest absolute Gasteiger partial charge is 0.303 e. The van der Waals surface area contributed by atoms with Gasteiger partial charge in [-0.2, -0.15) is 0 Å². The minimum absolute atomic E-state index is 0.123. The van der Waals surface area contributed by atoms with Gasteiger partial charge < -0.3 is 4.74 Å². The van der Waals surface area contributed by atoms with Gasteiger partial charge in [-0.1, -0.05) is 23.4 Å². The van der Waals surface area contributed by atoms with Gasteiger partial charge in [0.25, 0.3) is 0 Å². The summed E-state index contributed by atoms with van der Waals surface area (Å²) in [5.41, 5.74) is 0.849. The van der Waals surface area contributed by atoms with Crippen molar-refractivity contribution in [1.29, 1.82) is 0 Å². The Bertz CT molecular complexity index is 371. The SMILES string of the molecule is CC(=O)OCC#Cc1ccc(Cl)cc1. The number of ether oxygens (including phenoxy) is 1. The van der Waals surface area contributed by atoms with Gasteiger partial charge in [0.2, 0.25) is 0 Å². The molecule has 0 bridgehead atoms. The summed E-state index contributed by atoms with van der Waals surface area (Å²) in [6.07, 6.45) is 0. The van der Waals surface area contributed by atoms with Crippen molar-refractivity contribution in [3.63, 3.8) is 0 Å². The maximum absolute atomic E-state index is 10.4. The van der Waals surface area contributed by atoms with Crippen molar-refractivity contribution < 1.29 is 9.53 Å². The average molecular weight is 209 g/mol. The molecule has 0 amide bonds. The van der Waals surface area contributed by atoms with Crippen LogP contribution in [0.5, 0.6) is 0 Å². The molecule has 0 fully saturated rings. The van der Waals surface area contributed by atoms with Crippen LogP contribution >= 0.6 is 11.6 Å². The quantitative estimate of drug-likeness (QED) is 0.523. The van der Waals surface area contributed by atoms with Gasteiger partial charge in [0.05, 0.1) is 0 Å². The lowest BCUT2D eigenvalue weighted by atomic mass is 10.2. The zero-order valence-corrected chi connectivity index (χ0v) is 8.47. The molecule has 1 aromatic carbocycles. The molecule has 0 saturated heterocycles. The van der Waals surface area contributed by atoms with Gasteiger partial charge in [-0.05, 0) is 24.3 Å². The summed E-state index contributed by atoms with van der Waals surface area (Å²) < 4.78 is 4.65. The Morgan fingerprint density at radius 1 is 1.43 bits per heavy atom. The lowest BCUT2D eigenvalue weighted by Gasteiger charge is -1.92. The van der Waals surface area contributed by atoms with Crippen molar-refractivity contribution >= 4 is 17.6 Å². The van der Waals surface area contributed by atoms with E-state index in [1.807, 2.05) is 12.1 Å². The third kappa shape index (κ3) is 3.97. The molecule has 0 atom stereocenters. The monoisotopic (exact) mass is 208 g/mol. The highest BCUT2D eigenvalue weighted by atomic mass is 35.5. The molecule has 2 nitrogen and oxygen atoms in total. The predicted octanol–water partition coefficient (Wildman–Crippen LogP) is 2.25. The number of benzene rings is 1. The first-order valence-corrected chi connectivity index (χ1v) is 4.44. The third-order valence-electron chi connectivity index (χ3n) is 1.42. The summed E-state index contributed by atoms with van der Waals surface area (Å²) in [5, 5.41) is 0.676. The molecule has 0 unspecified atom stereocenters. The van der Waals surface area contributed by atoms with Crippen LogP contribution in [0, 0.1) is 11.8 Å². The largest absolute Gasteiger partial charge is 0.453 e. The van der Waals surface area contributed by atoms with Gasteiger partial charge >= 0.3 is 5.97 Å². The highest BCUT2D eigenvalue weighted by molar-refractivity contribution is 6.30. The van der Waals surface area contributed by atoms with E-state index in [9.17, 15) is 4.79 Å². The summed E-state index contributed by atoms with van der Waals surface area (Å²) >= 11 is 5.70. The lowest BCUT2D eigenvalue weighted by Crippen LogP contribution is -1.97. The second kappa shape index (κ2) is 5.31. The molecule has 0 heterocycles. The number of halogens is 1. The fraction of sp³-hybridized carbons (Fsp3) is 0.182. The number of esters is 1. The maximum Gasteiger partial charge on any atom is 0.303 e. The number of carbonyl (C=O) groups is 1. The van der Waals surface area contributed by atoms with E-state index in [1.165, 1.54) is 6.92 Å². The maximum atomic E-state index is 10.4. The van der Waals surface area contributed by atoms with E-state index in [4.69, 9.17) is 11.6 Å². The van der Waals surface area contributed by atoms with Crippen LogP contribution in [0.4, 0.5) is 0 Å². The normalized spacial score (nSPS) is 8.71. The summed E-state index contributed by atoms with van der Waals surface area (Å²) in [6.45, 7) is 1.47. The second-order valence-electron chi connectivity index (χ2n) is 2.59. The Hall–Kier alpha value is -1.46. The first kappa shape index (κ1) is 10.6. The number of rotatable bonds is 1. The molecule has 1 aromatic rings. The zero-order valence-electron chi connectivity index (χ0n) is 7.71. The van der Waals surface area contributed by atoms with E-state index in [1.54, 1.807) is 12.1 Å². The van der Waals surface area contributed by atoms with Gasteiger partial charge in [0.15, 0.2) is 6.61 Å². The van der Waals surface area contributed by atoms with Crippen LogP contribution in [-0.4, -0.2) is 12.6 Å². The predicted molar refractivity (Wildman–Crippen MR) is 55.0 cm³/mol. The number of hydrogen-bond donors (Lipinski definition) is 0. The first-order chi connectivity index (χ1) is 6.68. The van der Waals surface area contributed by atoms with Crippen LogP contribution in [0.15, 0.2) is 24.3 Å². The molecule has 0 spiro atoms. The van der Waals surface area contributed by atoms with Crippen LogP contribution in [0.25, 0.3) is 0 Å². The number of carbonyl (C=O) groups excluding carboxylic acids is 1. The fourth-order valence-corrected chi connectivity index (χ4v) is 0.935. The van der Waals surface area contributed by atoms with Crippen LogP contribution in [0.1, 0.15) is 12.5 Å². The highest BCUT2D eigenvalue weighted by Gasteiger charge is 1.88. The molecule has 3 heteroatoms. The van der Waals surface area contributed by atoms with Crippen molar-refractivity contribution in [3.05, 3.63) is 34.9 Å². The minimum atomic E-state index is -0.324. The topological polar surface area (TPSA) is 26.3 Å². The van der Waals surface area contributed by atoms with Gasteiger partial charge in [0, 0.05) is 17.5 Å². The van der Waals surface area contributed by atoms with Gasteiger partial charge in [-0.25, -0.2) is 0 Å². The Kier molecular flexibility index (Phi) is 4.03. The molecular weight excluding hydrogens is 200 g/mol. The molecule has 14 heavy (non-hydrogen) atoms. The second-order valence-corrected chi connectivity index (χ2v) is 3.03. The van der Waals surface area contributed by atoms with Gasteiger partial charge in [-0.3, -0.25) is 4.79 Å². The summed E-state index contributed by atoms with van der Waals surface area (Å²) in [7, 11) is 0. The third-order valence-corrected chi connectivity index (χ3v) is 1.68. The molecule has 0 aliphatic carbocycles. The molecule has 1 rings (SSSR count). The van der Waals surface area contributed by atoms with E-state index in [0.29, 0.717) is 5.02 Å². The minimum Gasteiger partial charge on any atom is -0.453 e. The highest BCUT2D eigenvalue weighted by Crippen LogP contribution is 2.08. The van der Waals surface area contributed by atoms with E-state index in [0.717, 1.165) is 5.56 Å². The summed E-state index contributed by atoms with van der Waals surface area (Å²) in [4.78, 5) is 10.4. The Morgan fingerprint density at radius 2 is 2.07 bits per heavy atom. The van der Waals surface area contributed by atoms with Gasteiger partial charge in [-0.15, -0.1) is 0 Å². The Balaban J connectivity index is 2.51. The van der Waals surface area contributed by atoms with Gasteiger partial charge in [0.1, 0.15) is 0 Å². The van der Waals surface area contributed by atoms with Crippen LogP contribution < -0.4 is 0 Å². The zero-order chi connectivity index (χ0) is 10.4. The van der Waals surface area contributed by atoms with E-state index >= 15 is 0 Å². The Morgan fingerprint density at radius 3 is 2.64 bits per heavy atom. The van der Waals surface area contributed by atoms with Crippen molar-refractivity contribution in [3.8, 4) is 11.8 Å². The molecular formula is C11H9ClO2. The standard InChI is InChI=1S/C11H9ClO2/c1-9(13)14-8-2-3-10-4-6-11(12)7-5-10/h4-7H,8H2,1H3. The average Bonchev–Trinajstić information content (AvgIpc) is 2.15. The van der Waals surface area contributed by atoms with E-state index < -0.39 is 0 Å². The first-order valence-electron chi connectivity index (χ1n) is 4.06. The van der Waals surface area contributed by atoms with Crippen LogP contribution in [-0.2, 0) is 9.53 Å². The molecule has 0 saturated carbocycles. The number of hydrogen-bond acceptors (Lipinski definition) is 2. The van der Waals surface area contributed by atoms with Crippen LogP contribution in [0.2, 0.25) is 5.02 Å².